The molecule has 0 aliphatic heterocycles. The lowest BCUT2D eigenvalue weighted by molar-refractivity contribution is -0.124. The van der Waals surface area contributed by atoms with Crippen molar-refractivity contribution >= 4 is 23.5 Å². The molecular weight excluding hydrogens is 236 g/mol. The fraction of sp³-hybridized carbons (Fsp3) is 0.182. The molecule has 0 fully saturated rings. The lowest BCUT2D eigenvalue weighted by atomic mass is 10.3. The first-order chi connectivity index (χ1) is 8.49. The number of anilines is 1. The van der Waals surface area contributed by atoms with E-state index < -0.39 is 17.8 Å². The number of nitrogens with zero attached hydrogens (tertiary/aromatic N) is 1. The van der Waals surface area contributed by atoms with E-state index in [4.69, 9.17) is 5.73 Å². The van der Waals surface area contributed by atoms with Crippen molar-refractivity contribution < 1.29 is 14.4 Å². The molecule has 18 heavy (non-hydrogen) atoms. The van der Waals surface area contributed by atoms with Crippen LogP contribution in [0.2, 0.25) is 0 Å². The molecule has 0 aliphatic carbocycles. The van der Waals surface area contributed by atoms with E-state index in [-0.39, 0.29) is 6.54 Å². The molecule has 4 N–H and O–H groups in total. The molecule has 0 bridgehead atoms. The molecule has 0 aliphatic rings. The minimum absolute atomic E-state index is 0.357. The van der Waals surface area contributed by atoms with Crippen LogP contribution in [-0.4, -0.2) is 29.4 Å². The first-order valence-electron chi connectivity index (χ1n) is 5.18. The van der Waals surface area contributed by atoms with Gasteiger partial charge in [-0.05, 0) is 12.1 Å². The van der Waals surface area contributed by atoms with Gasteiger partial charge < -0.3 is 11.1 Å². The molecular formula is C11H14N4O3. The van der Waals surface area contributed by atoms with Crippen LogP contribution in [0.5, 0.6) is 0 Å². The van der Waals surface area contributed by atoms with Gasteiger partial charge in [0.1, 0.15) is 6.54 Å². The molecule has 1 aromatic rings. The number of nitrogens with one attached hydrogen (secondary N) is 2. The van der Waals surface area contributed by atoms with Crippen molar-refractivity contribution in [2.75, 3.05) is 11.9 Å². The number of hydrogen-bond donors (Lipinski definition) is 3. The summed E-state index contributed by atoms with van der Waals surface area (Å²) in [6.07, 6.45) is 0. The van der Waals surface area contributed by atoms with Gasteiger partial charge in [-0.1, -0.05) is 18.2 Å². The molecule has 0 saturated carbocycles. The Bertz CT molecular complexity index is 447. The number of urea groups is 1. The maximum Gasteiger partial charge on any atom is 0.333 e. The Hall–Kier alpha value is -2.57. The van der Waals surface area contributed by atoms with E-state index in [1.54, 1.807) is 24.3 Å². The van der Waals surface area contributed by atoms with E-state index in [1.165, 1.54) is 6.92 Å². The summed E-state index contributed by atoms with van der Waals surface area (Å²) in [5.74, 6) is -0.949. The zero-order valence-electron chi connectivity index (χ0n) is 9.84. The zero-order chi connectivity index (χ0) is 13.5. The van der Waals surface area contributed by atoms with Gasteiger partial charge in [0.05, 0.1) is 0 Å². The molecule has 0 radical (unpaired) electrons. The first kappa shape index (κ1) is 13.5. The van der Waals surface area contributed by atoms with Crippen LogP contribution in [0.4, 0.5) is 10.5 Å². The van der Waals surface area contributed by atoms with Gasteiger partial charge in [-0.2, -0.15) is 0 Å². The Balaban J connectivity index is 2.56. The summed E-state index contributed by atoms with van der Waals surface area (Å²) >= 11 is 0. The minimum Gasteiger partial charge on any atom is -0.350 e. The third-order valence-electron chi connectivity index (χ3n) is 1.92. The van der Waals surface area contributed by atoms with Crippen molar-refractivity contribution in [1.82, 2.24) is 10.4 Å². The predicted octanol–water partition coefficient (Wildman–Crippen LogP) is 0.0569. The number of benzene rings is 1. The van der Waals surface area contributed by atoms with Crippen molar-refractivity contribution in [3.8, 4) is 0 Å². The van der Waals surface area contributed by atoms with Crippen LogP contribution in [0.3, 0.4) is 0 Å². The van der Waals surface area contributed by atoms with Gasteiger partial charge in [-0.15, -0.1) is 0 Å². The fourth-order valence-corrected chi connectivity index (χ4v) is 1.23. The van der Waals surface area contributed by atoms with Gasteiger partial charge in [-0.3, -0.25) is 15.0 Å². The monoisotopic (exact) mass is 250 g/mol. The highest BCUT2D eigenvalue weighted by Crippen LogP contribution is 2.04. The normalized spacial score (nSPS) is 9.39. The lowest BCUT2D eigenvalue weighted by Gasteiger charge is -2.19. The van der Waals surface area contributed by atoms with Crippen molar-refractivity contribution in [2.45, 2.75) is 6.92 Å². The van der Waals surface area contributed by atoms with Crippen LogP contribution >= 0.6 is 0 Å². The van der Waals surface area contributed by atoms with Crippen molar-refractivity contribution in [2.24, 2.45) is 5.73 Å². The summed E-state index contributed by atoms with van der Waals surface area (Å²) in [7, 11) is 0. The Kier molecular flexibility index (Phi) is 4.67. The van der Waals surface area contributed by atoms with Gasteiger partial charge >= 0.3 is 6.03 Å². The summed E-state index contributed by atoms with van der Waals surface area (Å²) in [5.41, 5.74) is 7.77. The molecule has 0 aromatic heterocycles. The third-order valence-corrected chi connectivity index (χ3v) is 1.92. The highest BCUT2D eigenvalue weighted by Gasteiger charge is 2.15. The second kappa shape index (κ2) is 6.24. The van der Waals surface area contributed by atoms with E-state index in [0.717, 1.165) is 5.01 Å². The number of para-hydroxylation sites is 1. The largest absolute Gasteiger partial charge is 0.350 e. The topological polar surface area (TPSA) is 105 Å². The first-order valence-corrected chi connectivity index (χ1v) is 5.18. The number of nitrogens with two attached hydrogens (primary N) is 1. The summed E-state index contributed by atoms with van der Waals surface area (Å²) < 4.78 is 0. The number of hydrogen-bond acceptors (Lipinski definition) is 3. The molecule has 1 aromatic carbocycles. The average Bonchev–Trinajstić information content (AvgIpc) is 2.28. The molecule has 0 atom stereocenters. The third kappa shape index (κ3) is 4.52. The van der Waals surface area contributed by atoms with Crippen LogP contribution in [0.15, 0.2) is 30.3 Å². The molecule has 7 heteroatoms. The van der Waals surface area contributed by atoms with Crippen LogP contribution in [0, 0.1) is 0 Å². The highest BCUT2D eigenvalue weighted by molar-refractivity contribution is 5.94. The van der Waals surface area contributed by atoms with E-state index >= 15 is 0 Å². The van der Waals surface area contributed by atoms with E-state index in [1.807, 2.05) is 6.07 Å². The molecule has 96 valence electrons. The molecule has 0 spiro atoms. The van der Waals surface area contributed by atoms with Gasteiger partial charge in [-0.25, -0.2) is 9.80 Å². The molecule has 1 rings (SSSR count). The van der Waals surface area contributed by atoms with Gasteiger partial charge in [0.2, 0.25) is 11.8 Å². The molecule has 0 unspecified atom stereocenters. The highest BCUT2D eigenvalue weighted by atomic mass is 16.2. The number of amides is 4. The number of carbonyl (C=O) groups is 3. The quantitative estimate of drug-likeness (QED) is 0.660. The number of carbonyl (C=O) groups excluding carboxylic acids is 3. The Morgan fingerprint density at radius 1 is 1.22 bits per heavy atom. The van der Waals surface area contributed by atoms with E-state index in [9.17, 15) is 14.4 Å². The van der Waals surface area contributed by atoms with Gasteiger partial charge in [0.15, 0.2) is 0 Å². The Morgan fingerprint density at radius 3 is 2.33 bits per heavy atom. The van der Waals surface area contributed by atoms with Crippen LogP contribution in [0.1, 0.15) is 6.92 Å². The Labute approximate surface area is 104 Å². The number of primary amides is 1. The second-order valence-corrected chi connectivity index (χ2v) is 3.51. The van der Waals surface area contributed by atoms with Crippen molar-refractivity contribution in [3.05, 3.63) is 30.3 Å². The maximum absolute atomic E-state index is 11.6. The summed E-state index contributed by atoms with van der Waals surface area (Å²) in [6, 6.07) is 7.82. The molecule has 0 saturated heterocycles. The van der Waals surface area contributed by atoms with Gasteiger partial charge in [0.25, 0.3) is 0 Å². The zero-order valence-corrected chi connectivity index (χ0v) is 9.84. The second-order valence-electron chi connectivity index (χ2n) is 3.51. The van der Waals surface area contributed by atoms with Gasteiger partial charge in [0, 0.05) is 12.6 Å². The van der Waals surface area contributed by atoms with Crippen molar-refractivity contribution in [3.63, 3.8) is 0 Å². The SMILES string of the molecule is CC(=O)NN(CC(=O)Nc1ccccc1)C(N)=O. The molecule has 4 amide bonds. The van der Waals surface area contributed by atoms with E-state index in [2.05, 4.69) is 10.7 Å². The standard InChI is InChI=1S/C11H14N4O3/c1-8(16)14-15(11(12)18)7-10(17)13-9-5-3-2-4-6-9/h2-6H,7H2,1H3,(H2,12,18)(H,13,17)(H,14,16). The summed E-state index contributed by atoms with van der Waals surface area (Å²) in [5, 5.41) is 3.30. The predicted molar refractivity (Wildman–Crippen MR) is 65.2 cm³/mol. The average molecular weight is 250 g/mol. The summed E-state index contributed by atoms with van der Waals surface area (Å²) in [6.45, 7) is 0.856. The number of rotatable bonds is 3. The van der Waals surface area contributed by atoms with Crippen LogP contribution in [-0.2, 0) is 9.59 Å². The minimum atomic E-state index is -0.909. The fourth-order valence-electron chi connectivity index (χ4n) is 1.23. The maximum atomic E-state index is 11.6. The van der Waals surface area contributed by atoms with E-state index in [0.29, 0.717) is 5.69 Å². The lowest BCUT2D eigenvalue weighted by Crippen LogP contribution is -2.51. The smallest absolute Gasteiger partial charge is 0.333 e. The Morgan fingerprint density at radius 2 is 1.83 bits per heavy atom. The van der Waals surface area contributed by atoms with Crippen molar-refractivity contribution in [1.29, 1.82) is 0 Å². The summed E-state index contributed by atoms with van der Waals surface area (Å²) in [4.78, 5) is 33.4. The molecule has 7 nitrogen and oxygen atoms in total. The van der Waals surface area contributed by atoms with Crippen LogP contribution in [0.25, 0.3) is 0 Å². The number of hydrazine groups is 1. The molecule has 0 heterocycles. The van der Waals surface area contributed by atoms with Crippen LogP contribution < -0.4 is 16.5 Å².